The average Bonchev–Trinajstić information content (AvgIpc) is 3.18. The zero-order valence-electron chi connectivity index (χ0n) is 16.7. The highest BCUT2D eigenvalue weighted by Gasteiger charge is 2.16. The molecule has 0 bridgehead atoms. The minimum absolute atomic E-state index is 0.359. The Hall–Kier alpha value is -2.98. The van der Waals surface area contributed by atoms with Crippen LogP contribution in [0.15, 0.2) is 71.3 Å². The Kier molecular flexibility index (Phi) is 6.01. The Morgan fingerprint density at radius 2 is 1.76 bits per heavy atom. The maximum Gasteiger partial charge on any atom is 0.225 e. The van der Waals surface area contributed by atoms with Crippen LogP contribution < -0.4 is 0 Å². The molecular weight excluding hydrogens is 360 g/mol. The van der Waals surface area contributed by atoms with Crippen LogP contribution in [0.4, 0.5) is 0 Å². The first-order valence-corrected chi connectivity index (χ1v) is 10.3. The van der Waals surface area contributed by atoms with E-state index in [1.165, 1.54) is 11.1 Å². The first-order valence-electron chi connectivity index (χ1n) is 10.3. The average molecular weight is 386 g/mol. The molecule has 0 saturated carbocycles. The summed E-state index contributed by atoms with van der Waals surface area (Å²) < 4.78 is 5.83. The molecule has 1 atom stereocenters. The van der Waals surface area contributed by atoms with Crippen molar-refractivity contribution in [1.82, 2.24) is 9.97 Å². The van der Waals surface area contributed by atoms with Crippen molar-refractivity contribution in [2.45, 2.75) is 45.1 Å². The number of aliphatic hydroxyl groups excluding tert-OH is 1. The summed E-state index contributed by atoms with van der Waals surface area (Å²) in [7, 11) is 0. The first kappa shape index (κ1) is 19.3. The second kappa shape index (κ2) is 9.01. The zero-order chi connectivity index (χ0) is 20.1. The van der Waals surface area contributed by atoms with Gasteiger partial charge in [0.15, 0.2) is 11.2 Å². The number of pyridine rings is 1. The molecule has 1 N–H and O–H groups in total. The number of rotatable bonds is 8. The van der Waals surface area contributed by atoms with Crippen molar-refractivity contribution in [2.24, 2.45) is 0 Å². The van der Waals surface area contributed by atoms with Gasteiger partial charge in [0.1, 0.15) is 6.10 Å². The van der Waals surface area contributed by atoms with E-state index in [2.05, 4.69) is 53.3 Å². The van der Waals surface area contributed by atoms with E-state index in [0.29, 0.717) is 23.5 Å². The maximum absolute atomic E-state index is 10.5. The Balaban J connectivity index is 1.35. The van der Waals surface area contributed by atoms with E-state index in [-0.39, 0.29) is 0 Å². The second-order valence-electron chi connectivity index (χ2n) is 7.51. The molecule has 0 aliphatic heterocycles. The monoisotopic (exact) mass is 386 g/mol. The van der Waals surface area contributed by atoms with Gasteiger partial charge in [-0.15, -0.1) is 0 Å². The normalized spacial score (nSPS) is 12.3. The van der Waals surface area contributed by atoms with Crippen LogP contribution in [0.2, 0.25) is 0 Å². The molecule has 0 amide bonds. The third-order valence-corrected chi connectivity index (χ3v) is 5.29. The lowest BCUT2D eigenvalue weighted by Gasteiger charge is -2.06. The van der Waals surface area contributed by atoms with E-state index >= 15 is 0 Å². The summed E-state index contributed by atoms with van der Waals surface area (Å²) in [6, 6.07) is 20.6. The summed E-state index contributed by atoms with van der Waals surface area (Å²) >= 11 is 0. The molecule has 1 unspecified atom stereocenters. The third-order valence-electron chi connectivity index (χ3n) is 5.29. The molecule has 4 nitrogen and oxygen atoms in total. The molecule has 148 valence electrons. The lowest BCUT2D eigenvalue weighted by molar-refractivity contribution is 0.133. The Bertz CT molecular complexity index is 1070. The molecule has 2 aromatic carbocycles. The standard InChI is InChI=1S/C25H26N2O2/c1-18-10-8-9-14-21(18)20-16-23-24(26-17-20)27-25(29-23)22(28)15-7-3-6-13-19-11-4-2-5-12-19/h2,4-5,8-12,14,16-17,22,28H,3,6-7,13,15H2,1H3. The molecule has 0 radical (unpaired) electrons. The quantitative estimate of drug-likeness (QED) is 0.375. The lowest BCUT2D eigenvalue weighted by Crippen LogP contribution is -1.98. The molecule has 0 aliphatic rings. The number of hydrogen-bond donors (Lipinski definition) is 1. The zero-order valence-corrected chi connectivity index (χ0v) is 16.7. The number of fused-ring (bicyclic) bond motifs is 1. The van der Waals surface area contributed by atoms with Crippen LogP contribution in [-0.4, -0.2) is 15.1 Å². The van der Waals surface area contributed by atoms with Crippen LogP contribution in [0.25, 0.3) is 22.4 Å². The van der Waals surface area contributed by atoms with Crippen molar-refractivity contribution in [1.29, 1.82) is 0 Å². The van der Waals surface area contributed by atoms with Gasteiger partial charge in [-0.2, -0.15) is 4.98 Å². The minimum Gasteiger partial charge on any atom is -0.436 e. The van der Waals surface area contributed by atoms with E-state index in [0.717, 1.165) is 36.8 Å². The number of benzene rings is 2. The molecular formula is C25H26N2O2. The van der Waals surface area contributed by atoms with Crippen LogP contribution in [-0.2, 0) is 6.42 Å². The van der Waals surface area contributed by atoms with Crippen LogP contribution in [0.3, 0.4) is 0 Å². The van der Waals surface area contributed by atoms with Crippen LogP contribution in [0.1, 0.15) is 48.8 Å². The summed E-state index contributed by atoms with van der Waals surface area (Å²) in [5.41, 5.74) is 5.82. The highest BCUT2D eigenvalue weighted by atomic mass is 16.4. The van der Waals surface area contributed by atoms with Gasteiger partial charge in [-0.25, -0.2) is 4.98 Å². The molecule has 4 rings (SSSR count). The van der Waals surface area contributed by atoms with E-state index in [1.807, 2.05) is 30.5 Å². The SMILES string of the molecule is Cc1ccccc1-c1cnc2nc(C(O)CCCCCc3ccccc3)oc2c1. The summed E-state index contributed by atoms with van der Waals surface area (Å²) in [6.07, 6.45) is 5.97. The fourth-order valence-corrected chi connectivity index (χ4v) is 3.63. The van der Waals surface area contributed by atoms with E-state index in [1.54, 1.807) is 0 Å². The van der Waals surface area contributed by atoms with Gasteiger partial charge in [0.25, 0.3) is 0 Å². The van der Waals surface area contributed by atoms with Gasteiger partial charge in [0.05, 0.1) is 0 Å². The number of unbranched alkanes of at least 4 members (excludes halogenated alkanes) is 2. The third kappa shape index (κ3) is 4.72. The van der Waals surface area contributed by atoms with Crippen LogP contribution in [0.5, 0.6) is 0 Å². The van der Waals surface area contributed by atoms with Gasteiger partial charge in [-0.3, -0.25) is 0 Å². The number of aromatic nitrogens is 2. The molecule has 0 aliphatic carbocycles. The van der Waals surface area contributed by atoms with Crippen molar-refractivity contribution >= 4 is 11.2 Å². The number of oxazole rings is 1. The maximum atomic E-state index is 10.5. The largest absolute Gasteiger partial charge is 0.436 e. The second-order valence-corrected chi connectivity index (χ2v) is 7.51. The van der Waals surface area contributed by atoms with Crippen molar-refractivity contribution in [3.05, 3.63) is 83.9 Å². The summed E-state index contributed by atoms with van der Waals surface area (Å²) in [6.45, 7) is 2.08. The highest BCUT2D eigenvalue weighted by Crippen LogP contribution is 2.28. The Morgan fingerprint density at radius 3 is 2.59 bits per heavy atom. The van der Waals surface area contributed by atoms with Crippen LogP contribution >= 0.6 is 0 Å². The molecule has 4 aromatic rings. The molecule has 2 heterocycles. The van der Waals surface area contributed by atoms with E-state index in [4.69, 9.17) is 4.42 Å². The minimum atomic E-state index is -0.692. The van der Waals surface area contributed by atoms with Crippen molar-refractivity contribution in [3.63, 3.8) is 0 Å². The van der Waals surface area contributed by atoms with E-state index in [9.17, 15) is 5.11 Å². The highest BCUT2D eigenvalue weighted by molar-refractivity contribution is 5.77. The molecule has 29 heavy (non-hydrogen) atoms. The first-order chi connectivity index (χ1) is 14.2. The predicted molar refractivity (Wildman–Crippen MR) is 116 cm³/mol. The van der Waals surface area contributed by atoms with Gasteiger partial charge < -0.3 is 9.52 Å². The topological polar surface area (TPSA) is 59.2 Å². The molecule has 0 spiro atoms. The fraction of sp³-hybridized carbons (Fsp3) is 0.280. The molecule has 2 aromatic heterocycles. The van der Waals surface area contributed by atoms with Gasteiger partial charge in [0, 0.05) is 11.8 Å². The number of hydrogen-bond acceptors (Lipinski definition) is 4. The number of aliphatic hydroxyl groups is 1. The summed E-state index contributed by atoms with van der Waals surface area (Å²) in [4.78, 5) is 8.82. The molecule has 0 fully saturated rings. The number of aryl methyl sites for hydroxylation is 2. The summed E-state index contributed by atoms with van der Waals surface area (Å²) in [5, 5.41) is 10.5. The fourth-order valence-electron chi connectivity index (χ4n) is 3.63. The molecule has 4 heteroatoms. The van der Waals surface area contributed by atoms with Crippen molar-refractivity contribution in [3.8, 4) is 11.1 Å². The van der Waals surface area contributed by atoms with Gasteiger partial charge in [-0.05, 0) is 48.9 Å². The Morgan fingerprint density at radius 1 is 0.966 bits per heavy atom. The van der Waals surface area contributed by atoms with Gasteiger partial charge >= 0.3 is 0 Å². The molecule has 0 saturated heterocycles. The van der Waals surface area contributed by atoms with E-state index < -0.39 is 6.10 Å². The summed E-state index contributed by atoms with van der Waals surface area (Å²) in [5.74, 6) is 0.359. The van der Waals surface area contributed by atoms with Crippen molar-refractivity contribution in [2.75, 3.05) is 0 Å². The Labute approximate surface area is 171 Å². The van der Waals surface area contributed by atoms with Crippen LogP contribution in [0, 0.1) is 6.92 Å². The van der Waals surface area contributed by atoms with Gasteiger partial charge in [-0.1, -0.05) is 67.4 Å². The smallest absolute Gasteiger partial charge is 0.225 e. The van der Waals surface area contributed by atoms with Gasteiger partial charge in [0.2, 0.25) is 5.89 Å². The lowest BCUT2D eigenvalue weighted by atomic mass is 10.0. The predicted octanol–water partition coefficient (Wildman–Crippen LogP) is 6.03. The van der Waals surface area contributed by atoms with Crippen molar-refractivity contribution < 1.29 is 9.52 Å². The number of nitrogens with zero attached hydrogens (tertiary/aromatic N) is 2.